The number of sulfonamides is 1. The summed E-state index contributed by atoms with van der Waals surface area (Å²) in [5.74, 6) is 0. The van der Waals surface area contributed by atoms with Gasteiger partial charge in [-0.25, -0.2) is 4.83 Å². The minimum atomic E-state index is -3.72. The Kier molecular flexibility index (Phi) is 6.18. The number of hydrazone groups is 1. The molecule has 0 aliphatic carbocycles. The SMILES string of the molecule is C/C(SC#N)=C(/C=N/NS(=O)(=O)c1ccccc1)c1ccccc1. The maximum atomic E-state index is 12.1. The van der Waals surface area contributed by atoms with Crippen molar-refractivity contribution in [2.45, 2.75) is 11.8 Å². The number of allylic oxidation sites excluding steroid dienone is 2. The van der Waals surface area contributed by atoms with Crippen LogP contribution in [0.4, 0.5) is 0 Å². The molecule has 2 rings (SSSR count). The molecule has 0 unspecified atom stereocenters. The van der Waals surface area contributed by atoms with Gasteiger partial charge < -0.3 is 0 Å². The molecule has 24 heavy (non-hydrogen) atoms. The van der Waals surface area contributed by atoms with Crippen LogP contribution in [0.2, 0.25) is 0 Å². The van der Waals surface area contributed by atoms with Gasteiger partial charge >= 0.3 is 0 Å². The summed E-state index contributed by atoms with van der Waals surface area (Å²) in [5, 5.41) is 14.7. The molecule has 0 aliphatic heterocycles. The second kappa shape index (κ2) is 8.34. The lowest BCUT2D eigenvalue weighted by molar-refractivity contribution is 0.584. The van der Waals surface area contributed by atoms with E-state index in [1.165, 1.54) is 18.3 Å². The summed E-state index contributed by atoms with van der Waals surface area (Å²) in [6.07, 6.45) is 1.41. The van der Waals surface area contributed by atoms with Gasteiger partial charge in [0.25, 0.3) is 10.0 Å². The molecule has 0 saturated heterocycles. The zero-order chi connectivity index (χ0) is 17.4. The van der Waals surface area contributed by atoms with Crippen molar-refractivity contribution in [3.63, 3.8) is 0 Å². The van der Waals surface area contributed by atoms with Gasteiger partial charge in [0.2, 0.25) is 0 Å². The van der Waals surface area contributed by atoms with Crippen LogP contribution in [-0.2, 0) is 10.0 Å². The first-order chi connectivity index (χ1) is 11.5. The van der Waals surface area contributed by atoms with E-state index >= 15 is 0 Å². The van der Waals surface area contributed by atoms with Crippen molar-refractivity contribution < 1.29 is 8.42 Å². The predicted molar refractivity (Wildman–Crippen MR) is 97.5 cm³/mol. The van der Waals surface area contributed by atoms with Crippen LogP contribution in [0.15, 0.2) is 75.6 Å². The highest BCUT2D eigenvalue weighted by Gasteiger charge is 2.11. The molecule has 1 N–H and O–H groups in total. The van der Waals surface area contributed by atoms with Crippen molar-refractivity contribution in [2.75, 3.05) is 0 Å². The van der Waals surface area contributed by atoms with Crippen LogP contribution in [0.3, 0.4) is 0 Å². The molecule has 0 bridgehead atoms. The summed E-state index contributed by atoms with van der Waals surface area (Å²) in [6, 6.07) is 17.3. The Morgan fingerprint density at radius 2 is 1.71 bits per heavy atom. The average Bonchev–Trinajstić information content (AvgIpc) is 2.60. The van der Waals surface area contributed by atoms with Gasteiger partial charge in [0, 0.05) is 10.5 Å². The Hall–Kier alpha value is -2.56. The summed E-state index contributed by atoms with van der Waals surface area (Å²) in [4.78, 5) is 3.05. The van der Waals surface area contributed by atoms with Gasteiger partial charge in [-0.3, -0.25) is 0 Å². The predicted octanol–water partition coefficient (Wildman–Crippen LogP) is 3.60. The molecule has 0 aromatic heterocycles. The molecule has 0 spiro atoms. The highest BCUT2D eigenvalue weighted by molar-refractivity contribution is 8.07. The van der Waals surface area contributed by atoms with E-state index in [1.54, 1.807) is 25.1 Å². The van der Waals surface area contributed by atoms with E-state index in [0.29, 0.717) is 5.57 Å². The number of nitrogens with one attached hydrogen (secondary N) is 1. The van der Waals surface area contributed by atoms with E-state index in [2.05, 4.69) is 9.93 Å². The third-order valence-corrected chi connectivity index (χ3v) is 4.94. The Bertz CT molecular complexity index is 884. The lowest BCUT2D eigenvalue weighted by Crippen LogP contribution is -2.18. The van der Waals surface area contributed by atoms with Crippen LogP contribution in [-0.4, -0.2) is 14.6 Å². The van der Waals surface area contributed by atoms with Gasteiger partial charge in [-0.15, -0.1) is 0 Å². The van der Waals surface area contributed by atoms with Gasteiger partial charge in [0.15, 0.2) is 0 Å². The fraction of sp³-hybridized carbons (Fsp3) is 0.0588. The van der Waals surface area contributed by atoms with Gasteiger partial charge in [0.05, 0.1) is 11.1 Å². The lowest BCUT2D eigenvalue weighted by Gasteiger charge is -2.06. The molecule has 0 radical (unpaired) electrons. The standard InChI is InChI=1S/C17H15N3O2S2/c1-14(23-13-18)17(15-8-4-2-5-9-15)12-19-20-24(21,22)16-10-6-3-7-11-16/h2-12,20H,1H3/b17-14+,19-12+. The number of hydrogen-bond acceptors (Lipinski definition) is 5. The zero-order valence-corrected chi connectivity index (χ0v) is 14.5. The van der Waals surface area contributed by atoms with E-state index in [1.807, 2.05) is 35.7 Å². The van der Waals surface area contributed by atoms with Crippen molar-refractivity contribution in [2.24, 2.45) is 5.10 Å². The Balaban J connectivity index is 2.27. The Labute approximate surface area is 145 Å². The van der Waals surface area contributed by atoms with Gasteiger partial charge in [-0.1, -0.05) is 48.5 Å². The van der Waals surface area contributed by atoms with E-state index in [-0.39, 0.29) is 4.90 Å². The monoisotopic (exact) mass is 357 g/mol. The summed E-state index contributed by atoms with van der Waals surface area (Å²) in [5.41, 5.74) is 1.53. The average molecular weight is 357 g/mol. The van der Waals surface area contributed by atoms with Crippen molar-refractivity contribution in [1.29, 1.82) is 5.26 Å². The van der Waals surface area contributed by atoms with E-state index in [0.717, 1.165) is 22.2 Å². The minimum absolute atomic E-state index is 0.135. The molecule has 0 aliphatic rings. The first kappa shape index (κ1) is 17.8. The van der Waals surface area contributed by atoms with E-state index in [4.69, 9.17) is 5.26 Å². The van der Waals surface area contributed by atoms with Crippen molar-refractivity contribution in [3.8, 4) is 5.40 Å². The molecule has 0 fully saturated rings. The number of thioether (sulfide) groups is 1. The number of thiocyanates is 1. The second-order valence-electron chi connectivity index (χ2n) is 4.70. The highest BCUT2D eigenvalue weighted by Crippen LogP contribution is 2.24. The molecule has 5 nitrogen and oxygen atoms in total. The molecule has 0 saturated carbocycles. The fourth-order valence-corrected chi connectivity index (χ4v) is 3.15. The number of hydrogen-bond donors (Lipinski definition) is 1. The van der Waals surface area contributed by atoms with Crippen LogP contribution in [0.5, 0.6) is 0 Å². The van der Waals surface area contributed by atoms with Crippen LogP contribution in [0.25, 0.3) is 5.57 Å². The summed E-state index contributed by atoms with van der Waals surface area (Å²) in [6.45, 7) is 1.79. The number of benzene rings is 2. The molecule has 2 aromatic rings. The Morgan fingerprint density at radius 1 is 1.12 bits per heavy atom. The maximum absolute atomic E-state index is 12.1. The second-order valence-corrected chi connectivity index (χ2v) is 7.36. The van der Waals surface area contributed by atoms with Gasteiger partial charge in [-0.2, -0.15) is 18.8 Å². The van der Waals surface area contributed by atoms with E-state index in [9.17, 15) is 8.42 Å². The molecule has 0 atom stereocenters. The maximum Gasteiger partial charge on any atom is 0.276 e. The topological polar surface area (TPSA) is 82.3 Å². The molecule has 0 heterocycles. The summed E-state index contributed by atoms with van der Waals surface area (Å²) in [7, 11) is -3.72. The molecular formula is C17H15N3O2S2. The van der Waals surface area contributed by atoms with Crippen molar-refractivity contribution >= 4 is 33.6 Å². The third-order valence-electron chi connectivity index (χ3n) is 3.08. The first-order valence-corrected chi connectivity index (χ1v) is 9.26. The van der Waals surface area contributed by atoms with Crippen LogP contribution in [0, 0.1) is 10.7 Å². The van der Waals surface area contributed by atoms with Crippen LogP contribution < -0.4 is 4.83 Å². The third kappa shape index (κ3) is 4.72. The molecule has 0 amide bonds. The van der Waals surface area contributed by atoms with Crippen molar-refractivity contribution in [1.82, 2.24) is 4.83 Å². The normalized spacial score (nSPS) is 12.5. The van der Waals surface area contributed by atoms with E-state index < -0.39 is 10.0 Å². The molecule has 122 valence electrons. The lowest BCUT2D eigenvalue weighted by atomic mass is 10.1. The fourth-order valence-electron chi connectivity index (χ4n) is 1.92. The first-order valence-electron chi connectivity index (χ1n) is 6.97. The number of nitrogens with zero attached hydrogens (tertiary/aromatic N) is 2. The summed E-state index contributed by atoms with van der Waals surface area (Å²) >= 11 is 1.01. The van der Waals surface area contributed by atoms with Crippen LogP contribution >= 0.6 is 11.8 Å². The van der Waals surface area contributed by atoms with Crippen LogP contribution in [0.1, 0.15) is 12.5 Å². The molecule has 2 aromatic carbocycles. The van der Waals surface area contributed by atoms with Gasteiger partial charge in [-0.05, 0) is 36.4 Å². The molecule has 7 heteroatoms. The minimum Gasteiger partial charge on any atom is -0.200 e. The smallest absolute Gasteiger partial charge is 0.200 e. The van der Waals surface area contributed by atoms with Gasteiger partial charge in [0.1, 0.15) is 5.40 Å². The highest BCUT2D eigenvalue weighted by atomic mass is 32.2. The number of rotatable bonds is 6. The quantitative estimate of drug-likeness (QED) is 0.486. The molecular weight excluding hydrogens is 342 g/mol. The summed E-state index contributed by atoms with van der Waals surface area (Å²) < 4.78 is 24.3. The number of nitriles is 1. The van der Waals surface area contributed by atoms with Crippen molar-refractivity contribution in [3.05, 3.63) is 71.1 Å². The largest absolute Gasteiger partial charge is 0.276 e. The Morgan fingerprint density at radius 3 is 2.29 bits per heavy atom. The zero-order valence-electron chi connectivity index (χ0n) is 12.9.